The van der Waals surface area contributed by atoms with E-state index in [4.69, 9.17) is 23.2 Å². The highest BCUT2D eigenvalue weighted by molar-refractivity contribution is 6.34. The van der Waals surface area contributed by atoms with Crippen LogP contribution in [0.15, 0.2) is 18.2 Å². The topological polar surface area (TPSA) is 12.0 Å². The third-order valence-electron chi connectivity index (χ3n) is 3.79. The van der Waals surface area contributed by atoms with E-state index in [1.165, 1.54) is 37.7 Å². The van der Waals surface area contributed by atoms with E-state index in [0.29, 0.717) is 12.0 Å². The summed E-state index contributed by atoms with van der Waals surface area (Å²) in [7, 11) is 0. The van der Waals surface area contributed by atoms with Crippen molar-refractivity contribution >= 4 is 23.2 Å². The van der Waals surface area contributed by atoms with Crippen molar-refractivity contribution in [1.29, 1.82) is 0 Å². The Morgan fingerprint density at radius 2 is 1.72 bits per heavy atom. The summed E-state index contributed by atoms with van der Waals surface area (Å²) in [5.41, 5.74) is 1.24. The van der Waals surface area contributed by atoms with Gasteiger partial charge in [0.25, 0.3) is 0 Å². The fourth-order valence-electron chi connectivity index (χ4n) is 3.00. The van der Waals surface area contributed by atoms with Crippen LogP contribution in [0.2, 0.25) is 10.0 Å². The second kappa shape index (κ2) is 6.79. The first-order chi connectivity index (χ1) is 8.70. The minimum Gasteiger partial charge on any atom is -0.310 e. The molecule has 1 aliphatic carbocycles. The van der Waals surface area contributed by atoms with Gasteiger partial charge in [-0.2, -0.15) is 0 Å². The van der Waals surface area contributed by atoms with Crippen LogP contribution in [0.4, 0.5) is 0 Å². The Bertz CT molecular complexity index is 366. The Morgan fingerprint density at radius 3 is 2.28 bits per heavy atom. The van der Waals surface area contributed by atoms with Gasteiger partial charge in [0.2, 0.25) is 0 Å². The molecule has 1 saturated carbocycles. The lowest BCUT2D eigenvalue weighted by Crippen LogP contribution is -2.29. The van der Waals surface area contributed by atoms with Crippen molar-refractivity contribution in [2.24, 2.45) is 5.92 Å². The molecule has 0 radical (unpaired) electrons. The van der Waals surface area contributed by atoms with Crippen molar-refractivity contribution in [2.75, 3.05) is 6.54 Å². The summed E-state index contributed by atoms with van der Waals surface area (Å²) >= 11 is 12.2. The zero-order valence-corrected chi connectivity index (χ0v) is 12.4. The van der Waals surface area contributed by atoms with Gasteiger partial charge in [-0.25, -0.2) is 0 Å². The van der Waals surface area contributed by atoms with E-state index >= 15 is 0 Å². The summed E-state index contributed by atoms with van der Waals surface area (Å²) in [6.07, 6.45) is 6.69. The van der Waals surface area contributed by atoms with Crippen LogP contribution < -0.4 is 5.32 Å². The Balaban J connectivity index is 2.22. The normalized spacial score (nSPS) is 18.8. The van der Waals surface area contributed by atoms with E-state index in [2.05, 4.69) is 24.4 Å². The zero-order chi connectivity index (χ0) is 13.0. The highest BCUT2D eigenvalue weighted by Crippen LogP contribution is 2.36. The fourth-order valence-corrected chi connectivity index (χ4v) is 3.54. The van der Waals surface area contributed by atoms with Crippen LogP contribution in [0.3, 0.4) is 0 Å². The summed E-state index contributed by atoms with van der Waals surface area (Å²) in [6.45, 7) is 3.13. The Kier molecular flexibility index (Phi) is 5.35. The van der Waals surface area contributed by atoms with Gasteiger partial charge in [-0.1, -0.05) is 49.4 Å². The first-order valence-electron chi connectivity index (χ1n) is 6.90. The average Bonchev–Trinajstić information content (AvgIpc) is 2.36. The van der Waals surface area contributed by atoms with Crippen LogP contribution in [-0.2, 0) is 0 Å². The molecular formula is C15H21Cl2N. The molecule has 0 heterocycles. The first-order valence-corrected chi connectivity index (χ1v) is 7.65. The molecule has 0 aliphatic heterocycles. The largest absolute Gasteiger partial charge is 0.310 e. The lowest BCUT2D eigenvalue weighted by atomic mass is 9.81. The van der Waals surface area contributed by atoms with Gasteiger partial charge in [-0.05, 0) is 49.1 Å². The van der Waals surface area contributed by atoms with E-state index in [9.17, 15) is 0 Å². The summed E-state index contributed by atoms with van der Waals surface area (Å²) in [4.78, 5) is 0. The predicted molar refractivity (Wildman–Crippen MR) is 79.5 cm³/mol. The molecule has 1 nitrogen and oxygen atoms in total. The molecule has 1 aromatic carbocycles. The minimum absolute atomic E-state index is 0.395. The van der Waals surface area contributed by atoms with Crippen molar-refractivity contribution in [3.8, 4) is 0 Å². The van der Waals surface area contributed by atoms with Crippen molar-refractivity contribution < 1.29 is 0 Å². The van der Waals surface area contributed by atoms with Gasteiger partial charge in [0.05, 0.1) is 0 Å². The molecular weight excluding hydrogens is 265 g/mol. The summed E-state index contributed by atoms with van der Waals surface area (Å²) in [6, 6.07) is 6.30. The second-order valence-electron chi connectivity index (χ2n) is 5.14. The van der Waals surface area contributed by atoms with Crippen molar-refractivity contribution in [2.45, 2.75) is 45.1 Å². The smallest absolute Gasteiger partial charge is 0.0424 e. The van der Waals surface area contributed by atoms with Crippen molar-refractivity contribution in [3.05, 3.63) is 33.8 Å². The summed E-state index contributed by atoms with van der Waals surface area (Å²) < 4.78 is 0. The van der Waals surface area contributed by atoms with Crippen molar-refractivity contribution in [1.82, 2.24) is 5.32 Å². The van der Waals surface area contributed by atoms with E-state index in [-0.39, 0.29) is 0 Å². The fraction of sp³-hybridized carbons (Fsp3) is 0.600. The molecule has 18 heavy (non-hydrogen) atoms. The molecule has 1 N–H and O–H groups in total. The van der Waals surface area contributed by atoms with Crippen LogP contribution >= 0.6 is 23.2 Å². The van der Waals surface area contributed by atoms with E-state index in [1.54, 1.807) is 6.07 Å². The van der Waals surface area contributed by atoms with Gasteiger partial charge in [0.1, 0.15) is 0 Å². The number of benzene rings is 1. The van der Waals surface area contributed by atoms with Crippen LogP contribution in [-0.4, -0.2) is 6.54 Å². The van der Waals surface area contributed by atoms with Gasteiger partial charge in [0, 0.05) is 16.1 Å². The average molecular weight is 286 g/mol. The predicted octanol–water partition coefficient (Wildman–Crippen LogP) is 5.22. The van der Waals surface area contributed by atoms with Crippen LogP contribution in [0.25, 0.3) is 0 Å². The third kappa shape index (κ3) is 3.63. The van der Waals surface area contributed by atoms with Gasteiger partial charge in [-0.3, -0.25) is 0 Å². The molecule has 0 aromatic heterocycles. The molecule has 100 valence electrons. The molecule has 1 aliphatic rings. The Morgan fingerprint density at radius 1 is 1.11 bits per heavy atom. The Labute approximate surface area is 120 Å². The number of rotatable bonds is 4. The third-order valence-corrected chi connectivity index (χ3v) is 4.23. The minimum atomic E-state index is 0.395. The van der Waals surface area contributed by atoms with Gasteiger partial charge in [-0.15, -0.1) is 0 Å². The SMILES string of the molecule is CCNC(c1cc(Cl)cc(Cl)c1)C1CCCCC1. The lowest BCUT2D eigenvalue weighted by Gasteiger charge is -2.31. The molecule has 1 aromatic rings. The number of hydrogen-bond donors (Lipinski definition) is 1. The zero-order valence-electron chi connectivity index (χ0n) is 10.9. The van der Waals surface area contributed by atoms with Crippen molar-refractivity contribution in [3.63, 3.8) is 0 Å². The first kappa shape index (κ1) is 14.2. The molecule has 0 saturated heterocycles. The number of halogens is 2. The summed E-state index contributed by atoms with van der Waals surface area (Å²) in [5.74, 6) is 0.716. The van der Waals surface area contributed by atoms with E-state index < -0.39 is 0 Å². The lowest BCUT2D eigenvalue weighted by molar-refractivity contribution is 0.274. The number of nitrogens with one attached hydrogen (secondary N) is 1. The highest BCUT2D eigenvalue weighted by atomic mass is 35.5. The van der Waals surface area contributed by atoms with Gasteiger partial charge in [0.15, 0.2) is 0 Å². The quantitative estimate of drug-likeness (QED) is 0.799. The number of hydrogen-bond acceptors (Lipinski definition) is 1. The molecule has 1 unspecified atom stereocenters. The summed E-state index contributed by atoms with van der Waals surface area (Å²) in [5, 5.41) is 5.07. The van der Waals surface area contributed by atoms with Gasteiger partial charge >= 0.3 is 0 Å². The maximum Gasteiger partial charge on any atom is 0.0424 e. The maximum atomic E-state index is 6.12. The molecule has 3 heteroatoms. The molecule has 0 bridgehead atoms. The molecule has 0 amide bonds. The monoisotopic (exact) mass is 285 g/mol. The molecule has 0 spiro atoms. The van der Waals surface area contributed by atoms with E-state index in [0.717, 1.165) is 16.6 Å². The van der Waals surface area contributed by atoms with Crippen LogP contribution in [0.5, 0.6) is 0 Å². The molecule has 1 atom stereocenters. The Hall–Kier alpha value is -0.240. The molecule has 1 fully saturated rings. The molecule has 2 rings (SSSR count). The van der Waals surface area contributed by atoms with Crippen LogP contribution in [0.1, 0.15) is 50.6 Å². The standard InChI is InChI=1S/C15H21Cl2N/c1-2-18-15(11-6-4-3-5-7-11)12-8-13(16)10-14(17)9-12/h8-11,15,18H,2-7H2,1H3. The second-order valence-corrected chi connectivity index (χ2v) is 6.01. The van der Waals surface area contributed by atoms with E-state index in [1.807, 2.05) is 0 Å². The maximum absolute atomic E-state index is 6.12. The van der Waals surface area contributed by atoms with Gasteiger partial charge < -0.3 is 5.32 Å². The van der Waals surface area contributed by atoms with Crippen LogP contribution in [0, 0.1) is 5.92 Å². The highest BCUT2D eigenvalue weighted by Gasteiger charge is 2.24.